The fourth-order valence-corrected chi connectivity index (χ4v) is 2.08. The van der Waals surface area contributed by atoms with Crippen molar-refractivity contribution >= 4 is 17.3 Å². The highest BCUT2D eigenvalue weighted by Gasteiger charge is 2.02. The van der Waals surface area contributed by atoms with Gasteiger partial charge in [-0.25, -0.2) is 4.98 Å². The van der Waals surface area contributed by atoms with Crippen LogP contribution in [-0.4, -0.2) is 16.1 Å². The molecule has 1 aromatic carbocycles. The van der Waals surface area contributed by atoms with Gasteiger partial charge in [0.2, 0.25) is 0 Å². The van der Waals surface area contributed by atoms with Crippen molar-refractivity contribution in [2.45, 2.75) is 12.8 Å². The number of hydrogen-bond donors (Lipinski definition) is 1. The molecule has 16 heavy (non-hydrogen) atoms. The van der Waals surface area contributed by atoms with Gasteiger partial charge in [0.1, 0.15) is 5.01 Å². The van der Waals surface area contributed by atoms with Gasteiger partial charge in [0.15, 0.2) is 0 Å². The van der Waals surface area contributed by atoms with Gasteiger partial charge in [0.05, 0.1) is 0 Å². The third-order valence-corrected chi connectivity index (χ3v) is 3.08. The van der Waals surface area contributed by atoms with Crippen molar-refractivity contribution in [3.05, 3.63) is 41.4 Å². The molecule has 2 aromatic rings. The Labute approximate surface area is 97.4 Å². The normalized spacial score (nSPS) is 10.2. The van der Waals surface area contributed by atoms with Crippen LogP contribution in [0.1, 0.15) is 12.0 Å². The molecule has 0 unspecified atom stereocenters. The summed E-state index contributed by atoms with van der Waals surface area (Å²) in [5, 5.41) is 11.5. The van der Waals surface area contributed by atoms with E-state index in [-0.39, 0.29) is 6.42 Å². The minimum absolute atomic E-state index is 0.177. The molecule has 3 nitrogen and oxygen atoms in total. The zero-order valence-corrected chi connectivity index (χ0v) is 9.41. The van der Waals surface area contributed by atoms with Crippen LogP contribution in [-0.2, 0) is 11.2 Å². The number of carboxylic acid groups (broad SMARTS) is 1. The summed E-state index contributed by atoms with van der Waals surface area (Å²) in [5.74, 6) is -0.760. The highest BCUT2D eigenvalue weighted by atomic mass is 32.1. The van der Waals surface area contributed by atoms with Crippen LogP contribution in [0.4, 0.5) is 0 Å². The van der Waals surface area contributed by atoms with Crippen molar-refractivity contribution in [2.75, 3.05) is 0 Å². The first-order valence-electron chi connectivity index (χ1n) is 4.96. The summed E-state index contributed by atoms with van der Waals surface area (Å²) in [6.07, 6.45) is 2.53. The van der Waals surface area contributed by atoms with E-state index in [4.69, 9.17) is 5.11 Å². The molecule has 0 aliphatic heterocycles. The SMILES string of the molecule is O=C(O)CCc1ccc(-c2nccs2)cc1. The van der Waals surface area contributed by atoms with Gasteiger partial charge in [-0.15, -0.1) is 11.3 Å². The van der Waals surface area contributed by atoms with E-state index in [0.717, 1.165) is 16.1 Å². The number of rotatable bonds is 4. The first-order chi connectivity index (χ1) is 7.75. The number of aryl methyl sites for hydroxylation is 1. The maximum absolute atomic E-state index is 10.4. The van der Waals surface area contributed by atoms with E-state index in [1.165, 1.54) is 0 Å². The molecule has 0 spiro atoms. The van der Waals surface area contributed by atoms with Crippen LogP contribution in [0.3, 0.4) is 0 Å². The lowest BCUT2D eigenvalue weighted by molar-refractivity contribution is -0.136. The van der Waals surface area contributed by atoms with E-state index < -0.39 is 5.97 Å². The molecule has 0 radical (unpaired) electrons. The fraction of sp³-hybridized carbons (Fsp3) is 0.167. The molecule has 2 rings (SSSR count). The lowest BCUT2D eigenvalue weighted by Gasteiger charge is -2.00. The largest absolute Gasteiger partial charge is 0.481 e. The summed E-state index contributed by atoms with van der Waals surface area (Å²) in [6, 6.07) is 7.88. The predicted octanol–water partition coefficient (Wildman–Crippen LogP) is 2.83. The van der Waals surface area contributed by atoms with E-state index in [2.05, 4.69) is 4.98 Å². The highest BCUT2D eigenvalue weighted by Crippen LogP contribution is 2.22. The molecule has 0 saturated carbocycles. The van der Waals surface area contributed by atoms with Crippen LogP contribution in [0.25, 0.3) is 10.6 Å². The average molecular weight is 233 g/mol. The predicted molar refractivity (Wildman–Crippen MR) is 63.5 cm³/mol. The standard InChI is InChI=1S/C12H11NO2S/c14-11(15)6-3-9-1-4-10(5-2-9)12-13-7-8-16-12/h1-2,4-5,7-8H,3,6H2,(H,14,15). The maximum Gasteiger partial charge on any atom is 0.303 e. The third kappa shape index (κ3) is 2.67. The zero-order chi connectivity index (χ0) is 11.4. The number of hydrogen-bond acceptors (Lipinski definition) is 3. The molecule has 1 N–H and O–H groups in total. The molecule has 1 heterocycles. The molecular formula is C12H11NO2S. The monoisotopic (exact) mass is 233 g/mol. The van der Waals surface area contributed by atoms with Crippen LogP contribution in [0.15, 0.2) is 35.8 Å². The lowest BCUT2D eigenvalue weighted by atomic mass is 10.1. The maximum atomic E-state index is 10.4. The van der Waals surface area contributed by atoms with Crippen molar-refractivity contribution in [1.29, 1.82) is 0 Å². The molecular weight excluding hydrogens is 222 g/mol. The van der Waals surface area contributed by atoms with E-state index in [1.54, 1.807) is 17.5 Å². The van der Waals surface area contributed by atoms with Gasteiger partial charge in [0, 0.05) is 23.6 Å². The first kappa shape index (κ1) is 10.8. The number of thiazole rings is 1. The molecule has 1 aromatic heterocycles. The second-order valence-electron chi connectivity index (χ2n) is 3.43. The van der Waals surface area contributed by atoms with Gasteiger partial charge in [-0.1, -0.05) is 24.3 Å². The van der Waals surface area contributed by atoms with Crippen LogP contribution < -0.4 is 0 Å². The van der Waals surface area contributed by atoms with Gasteiger partial charge in [-0.05, 0) is 12.0 Å². The second kappa shape index (κ2) is 4.90. The Balaban J connectivity index is 2.08. The summed E-state index contributed by atoms with van der Waals surface area (Å²) in [6.45, 7) is 0. The Morgan fingerprint density at radius 1 is 1.31 bits per heavy atom. The Morgan fingerprint density at radius 3 is 2.62 bits per heavy atom. The fourth-order valence-electron chi connectivity index (χ4n) is 1.43. The second-order valence-corrected chi connectivity index (χ2v) is 4.32. The molecule has 0 fully saturated rings. The van der Waals surface area contributed by atoms with Crippen LogP contribution >= 0.6 is 11.3 Å². The summed E-state index contributed by atoms with van der Waals surface area (Å²) in [5.41, 5.74) is 2.12. The van der Waals surface area contributed by atoms with Gasteiger partial charge in [0.25, 0.3) is 0 Å². The first-order valence-corrected chi connectivity index (χ1v) is 5.84. The zero-order valence-electron chi connectivity index (χ0n) is 8.59. The Morgan fingerprint density at radius 2 is 2.06 bits per heavy atom. The topological polar surface area (TPSA) is 50.2 Å². The van der Waals surface area contributed by atoms with Gasteiger partial charge < -0.3 is 5.11 Å². The van der Waals surface area contributed by atoms with Crippen molar-refractivity contribution in [3.63, 3.8) is 0 Å². The molecule has 0 aliphatic rings. The van der Waals surface area contributed by atoms with Crippen LogP contribution in [0.5, 0.6) is 0 Å². The molecule has 0 atom stereocenters. The smallest absolute Gasteiger partial charge is 0.303 e. The number of carboxylic acids is 1. The van der Waals surface area contributed by atoms with E-state index in [1.807, 2.05) is 29.6 Å². The van der Waals surface area contributed by atoms with Crippen molar-refractivity contribution in [3.8, 4) is 10.6 Å². The Bertz CT molecular complexity index is 462. The summed E-state index contributed by atoms with van der Waals surface area (Å²) >= 11 is 1.59. The van der Waals surface area contributed by atoms with Crippen LogP contribution in [0.2, 0.25) is 0 Å². The Kier molecular flexibility index (Phi) is 3.31. The minimum atomic E-state index is -0.760. The van der Waals surface area contributed by atoms with E-state index in [0.29, 0.717) is 6.42 Å². The summed E-state index contributed by atoms with van der Waals surface area (Å²) in [4.78, 5) is 14.6. The average Bonchev–Trinajstić information content (AvgIpc) is 2.80. The summed E-state index contributed by atoms with van der Waals surface area (Å²) in [7, 11) is 0. The Hall–Kier alpha value is -1.68. The van der Waals surface area contributed by atoms with Crippen molar-refractivity contribution in [1.82, 2.24) is 4.98 Å². The van der Waals surface area contributed by atoms with E-state index in [9.17, 15) is 4.79 Å². The molecule has 0 amide bonds. The highest BCUT2D eigenvalue weighted by molar-refractivity contribution is 7.13. The number of aliphatic carboxylic acids is 1. The molecule has 4 heteroatoms. The molecule has 0 aliphatic carbocycles. The minimum Gasteiger partial charge on any atom is -0.481 e. The van der Waals surface area contributed by atoms with Crippen molar-refractivity contribution in [2.24, 2.45) is 0 Å². The molecule has 82 valence electrons. The van der Waals surface area contributed by atoms with Gasteiger partial charge in [-0.3, -0.25) is 4.79 Å². The number of carbonyl (C=O) groups is 1. The van der Waals surface area contributed by atoms with Crippen LogP contribution in [0, 0.1) is 0 Å². The van der Waals surface area contributed by atoms with Crippen molar-refractivity contribution < 1.29 is 9.90 Å². The van der Waals surface area contributed by atoms with Gasteiger partial charge >= 0.3 is 5.97 Å². The third-order valence-electron chi connectivity index (χ3n) is 2.26. The number of aromatic nitrogens is 1. The number of nitrogens with zero attached hydrogens (tertiary/aromatic N) is 1. The van der Waals surface area contributed by atoms with Gasteiger partial charge in [-0.2, -0.15) is 0 Å². The lowest BCUT2D eigenvalue weighted by Crippen LogP contribution is -1.97. The molecule has 0 bridgehead atoms. The number of benzene rings is 1. The van der Waals surface area contributed by atoms with E-state index >= 15 is 0 Å². The summed E-state index contributed by atoms with van der Waals surface area (Å²) < 4.78 is 0. The molecule has 0 saturated heterocycles. The quantitative estimate of drug-likeness (QED) is 0.883.